The van der Waals surface area contributed by atoms with E-state index in [1.54, 1.807) is 0 Å². The quantitative estimate of drug-likeness (QED) is 0.524. The first-order valence-electron chi connectivity index (χ1n) is 7.48. The smallest absolute Gasteiger partial charge is 0.161 e. The Labute approximate surface area is 117 Å². The lowest BCUT2D eigenvalue weighted by atomic mass is 10.3. The molecule has 0 amide bonds. The molecule has 0 unspecified atom stereocenters. The van der Waals surface area contributed by atoms with Gasteiger partial charge in [0.1, 0.15) is 8.24 Å². The molecule has 5 heteroatoms. The minimum absolute atomic E-state index is 0.246. The monoisotopic (exact) mass is 288 g/mol. The molecule has 0 spiro atoms. The van der Waals surface area contributed by atoms with E-state index in [4.69, 9.17) is 4.43 Å². The van der Waals surface area contributed by atoms with Crippen molar-refractivity contribution in [2.24, 2.45) is 0 Å². The molecule has 0 aromatic rings. The van der Waals surface area contributed by atoms with Crippen LogP contribution in [0, 0.1) is 0 Å². The number of nitrogens with zero attached hydrogens (tertiary/aromatic N) is 2. The van der Waals surface area contributed by atoms with Crippen LogP contribution in [-0.4, -0.2) is 66.3 Å². The molecule has 0 saturated carbocycles. The summed E-state index contributed by atoms with van der Waals surface area (Å²) in [6.07, 6.45) is 1.78. The molecule has 1 fully saturated rings. The van der Waals surface area contributed by atoms with Gasteiger partial charge in [-0.1, -0.05) is 19.6 Å². The standard InChI is InChI=1S/C13H32N2OSi2/c1-13(2)16-17-12-6-7-14-8-10-15(11-9-14)18(3,4)5/h13H,6-12,17H2,1-5H3. The first kappa shape index (κ1) is 16.4. The molecule has 0 radical (unpaired) electrons. The first-order chi connectivity index (χ1) is 8.39. The summed E-state index contributed by atoms with van der Waals surface area (Å²) in [6.45, 7) is 18.1. The largest absolute Gasteiger partial charge is 0.422 e. The van der Waals surface area contributed by atoms with Crippen molar-refractivity contribution >= 4 is 18.0 Å². The van der Waals surface area contributed by atoms with E-state index in [1.807, 2.05) is 0 Å². The lowest BCUT2D eigenvalue weighted by Gasteiger charge is -2.41. The molecule has 1 heterocycles. The van der Waals surface area contributed by atoms with Crippen molar-refractivity contribution in [1.82, 2.24) is 9.47 Å². The molecule has 1 aliphatic heterocycles. The van der Waals surface area contributed by atoms with Crippen LogP contribution in [0.1, 0.15) is 20.3 Å². The summed E-state index contributed by atoms with van der Waals surface area (Å²) in [5.74, 6) is 0. The van der Waals surface area contributed by atoms with Gasteiger partial charge in [-0.05, 0) is 32.9 Å². The summed E-state index contributed by atoms with van der Waals surface area (Å²) in [7, 11) is -1.29. The van der Waals surface area contributed by atoms with Crippen molar-refractivity contribution < 1.29 is 4.43 Å². The van der Waals surface area contributed by atoms with Gasteiger partial charge in [-0.25, -0.2) is 0 Å². The number of rotatable bonds is 7. The molecule has 1 saturated heterocycles. The van der Waals surface area contributed by atoms with Gasteiger partial charge in [0, 0.05) is 32.3 Å². The highest BCUT2D eigenvalue weighted by Crippen LogP contribution is 2.13. The summed E-state index contributed by atoms with van der Waals surface area (Å²) in [5, 5.41) is 0. The second kappa shape index (κ2) is 7.79. The highest BCUT2D eigenvalue weighted by Gasteiger charge is 2.27. The van der Waals surface area contributed by atoms with E-state index in [0.29, 0.717) is 6.10 Å². The molecular weight excluding hydrogens is 256 g/mol. The summed E-state index contributed by atoms with van der Waals surface area (Å²) in [6, 6.07) is 1.34. The van der Waals surface area contributed by atoms with Crippen LogP contribution in [0.4, 0.5) is 0 Å². The molecule has 0 aromatic heterocycles. The third-order valence-electron chi connectivity index (χ3n) is 3.64. The van der Waals surface area contributed by atoms with Crippen molar-refractivity contribution in [2.75, 3.05) is 32.7 Å². The Morgan fingerprint density at radius 1 is 1.11 bits per heavy atom. The van der Waals surface area contributed by atoms with Gasteiger partial charge in [0.15, 0.2) is 9.76 Å². The molecule has 3 nitrogen and oxygen atoms in total. The van der Waals surface area contributed by atoms with Crippen LogP contribution in [-0.2, 0) is 4.43 Å². The maximum atomic E-state index is 5.71. The Morgan fingerprint density at radius 2 is 1.72 bits per heavy atom. The Hall–Kier alpha value is 0.314. The van der Waals surface area contributed by atoms with E-state index in [1.165, 1.54) is 45.2 Å². The van der Waals surface area contributed by atoms with Gasteiger partial charge in [0.05, 0.1) is 0 Å². The average molecular weight is 289 g/mol. The van der Waals surface area contributed by atoms with Crippen LogP contribution in [0.2, 0.25) is 25.7 Å². The van der Waals surface area contributed by atoms with Crippen LogP contribution in [0.15, 0.2) is 0 Å². The Bertz CT molecular complexity index is 224. The molecule has 18 heavy (non-hydrogen) atoms. The zero-order chi connectivity index (χ0) is 13.6. The van der Waals surface area contributed by atoms with E-state index in [0.717, 1.165) is 0 Å². The lowest BCUT2D eigenvalue weighted by molar-refractivity contribution is 0.183. The molecule has 0 bridgehead atoms. The summed E-state index contributed by atoms with van der Waals surface area (Å²) in [5.41, 5.74) is 0. The fourth-order valence-corrected chi connectivity index (χ4v) is 5.01. The Morgan fingerprint density at radius 3 is 2.22 bits per heavy atom. The highest BCUT2D eigenvalue weighted by molar-refractivity contribution is 6.73. The van der Waals surface area contributed by atoms with Crippen molar-refractivity contribution in [1.29, 1.82) is 0 Å². The molecule has 0 aliphatic carbocycles. The van der Waals surface area contributed by atoms with Crippen molar-refractivity contribution in [2.45, 2.75) is 52.1 Å². The summed E-state index contributed by atoms with van der Waals surface area (Å²) in [4.78, 5) is 2.64. The van der Waals surface area contributed by atoms with Gasteiger partial charge in [-0.3, -0.25) is 0 Å². The van der Waals surface area contributed by atoms with Crippen LogP contribution >= 0.6 is 0 Å². The Balaban J connectivity index is 2.06. The maximum Gasteiger partial charge on any atom is 0.161 e. The van der Waals surface area contributed by atoms with Crippen molar-refractivity contribution in [3.63, 3.8) is 0 Å². The minimum Gasteiger partial charge on any atom is -0.422 e. The maximum absolute atomic E-state index is 5.71. The van der Waals surface area contributed by atoms with E-state index in [-0.39, 0.29) is 9.76 Å². The number of hydrogen-bond acceptors (Lipinski definition) is 3. The summed E-state index contributed by atoms with van der Waals surface area (Å²) < 4.78 is 8.45. The van der Waals surface area contributed by atoms with Crippen LogP contribution in [0.25, 0.3) is 0 Å². The zero-order valence-electron chi connectivity index (χ0n) is 13.0. The highest BCUT2D eigenvalue weighted by atomic mass is 28.3. The van der Waals surface area contributed by atoms with Crippen LogP contribution in [0.3, 0.4) is 0 Å². The summed E-state index contributed by atoms with van der Waals surface area (Å²) >= 11 is 0. The van der Waals surface area contributed by atoms with Crippen molar-refractivity contribution in [3.8, 4) is 0 Å². The van der Waals surface area contributed by atoms with Gasteiger partial charge in [0.2, 0.25) is 0 Å². The molecule has 108 valence electrons. The van der Waals surface area contributed by atoms with Gasteiger partial charge < -0.3 is 13.9 Å². The molecule has 1 aliphatic rings. The fourth-order valence-electron chi connectivity index (χ4n) is 2.40. The van der Waals surface area contributed by atoms with Crippen LogP contribution in [0.5, 0.6) is 0 Å². The molecule has 0 aromatic carbocycles. The van der Waals surface area contributed by atoms with E-state index in [2.05, 4.69) is 43.0 Å². The predicted molar refractivity (Wildman–Crippen MR) is 85.5 cm³/mol. The molecular formula is C13H32N2OSi2. The minimum atomic E-state index is -1.05. The third kappa shape index (κ3) is 6.47. The second-order valence-electron chi connectivity index (χ2n) is 6.63. The number of hydrogen-bond donors (Lipinski definition) is 0. The zero-order valence-corrected chi connectivity index (χ0v) is 15.5. The van der Waals surface area contributed by atoms with E-state index >= 15 is 0 Å². The SMILES string of the molecule is CC(C)O[SiH2]CCCN1CCN([Si](C)(C)C)CC1. The first-order valence-corrected chi connectivity index (χ1v) is 12.5. The molecule has 0 atom stereocenters. The van der Waals surface area contributed by atoms with Gasteiger partial charge in [0.25, 0.3) is 0 Å². The average Bonchev–Trinajstić information content (AvgIpc) is 2.27. The third-order valence-corrected chi connectivity index (χ3v) is 7.68. The normalized spacial score (nSPS) is 20.3. The Kier molecular flexibility index (Phi) is 7.09. The predicted octanol–water partition coefficient (Wildman–Crippen LogP) is 1.76. The number of piperazine rings is 1. The van der Waals surface area contributed by atoms with Crippen LogP contribution < -0.4 is 0 Å². The topological polar surface area (TPSA) is 15.7 Å². The van der Waals surface area contributed by atoms with Crippen molar-refractivity contribution in [3.05, 3.63) is 0 Å². The lowest BCUT2D eigenvalue weighted by Crippen LogP contribution is -2.56. The molecule has 1 rings (SSSR count). The second-order valence-corrected chi connectivity index (χ2v) is 13.0. The molecule has 0 N–H and O–H groups in total. The van der Waals surface area contributed by atoms with E-state index < -0.39 is 8.24 Å². The van der Waals surface area contributed by atoms with E-state index in [9.17, 15) is 0 Å². The van der Waals surface area contributed by atoms with Gasteiger partial charge in [-0.2, -0.15) is 0 Å². The van der Waals surface area contributed by atoms with Gasteiger partial charge >= 0.3 is 0 Å². The fraction of sp³-hybridized carbons (Fsp3) is 1.00. The van der Waals surface area contributed by atoms with Gasteiger partial charge in [-0.15, -0.1) is 0 Å².